The molecular formula is C13H15BrN2O3. The summed E-state index contributed by atoms with van der Waals surface area (Å²) in [7, 11) is 0. The number of carbonyl (C=O) groups excluding carboxylic acids is 1. The third-order valence-electron chi connectivity index (χ3n) is 3.10. The number of piperazine rings is 1. The van der Waals surface area contributed by atoms with Crippen molar-refractivity contribution < 1.29 is 14.7 Å². The highest BCUT2D eigenvalue weighted by Crippen LogP contribution is 2.24. The molecule has 102 valence electrons. The van der Waals surface area contributed by atoms with Gasteiger partial charge in [0.2, 0.25) is 5.91 Å². The van der Waals surface area contributed by atoms with Crippen molar-refractivity contribution in [3.8, 4) is 0 Å². The van der Waals surface area contributed by atoms with E-state index in [0.29, 0.717) is 6.54 Å². The number of anilines is 1. The molecule has 0 aromatic heterocycles. The minimum absolute atomic E-state index is 0.00755. The molecule has 1 fully saturated rings. The highest BCUT2D eigenvalue weighted by molar-refractivity contribution is 9.10. The molecule has 0 bridgehead atoms. The highest BCUT2D eigenvalue weighted by atomic mass is 79.9. The Morgan fingerprint density at radius 1 is 1.58 bits per heavy atom. The maximum Gasteiger partial charge on any atom is 0.305 e. The molecule has 2 atom stereocenters. The molecule has 1 heterocycles. The summed E-state index contributed by atoms with van der Waals surface area (Å²) in [6, 6.07) is 6.78. The molecule has 6 heteroatoms. The van der Waals surface area contributed by atoms with Crippen LogP contribution in [0.2, 0.25) is 0 Å². The monoisotopic (exact) mass is 326 g/mol. The number of carbonyl (C=O) groups is 2. The lowest BCUT2D eigenvalue weighted by molar-refractivity contribution is -0.140. The zero-order chi connectivity index (χ0) is 14.0. The fourth-order valence-electron chi connectivity index (χ4n) is 2.22. The Hall–Kier alpha value is -1.40. The maximum absolute atomic E-state index is 12.4. The molecule has 2 rings (SSSR count). The summed E-state index contributed by atoms with van der Waals surface area (Å²) in [4.78, 5) is 24.8. The van der Waals surface area contributed by atoms with E-state index in [1.54, 1.807) is 4.90 Å². The lowest BCUT2D eigenvalue weighted by Crippen LogP contribution is -2.60. The number of hydrogen-bond acceptors (Lipinski definition) is 3. The van der Waals surface area contributed by atoms with E-state index in [2.05, 4.69) is 21.2 Å². The first kappa shape index (κ1) is 14.0. The molecule has 1 amide bonds. The van der Waals surface area contributed by atoms with Crippen LogP contribution >= 0.6 is 15.9 Å². The summed E-state index contributed by atoms with van der Waals surface area (Å²) in [5.41, 5.74) is 0.781. The second kappa shape index (κ2) is 5.71. The van der Waals surface area contributed by atoms with E-state index >= 15 is 0 Å². The Labute approximate surface area is 119 Å². The van der Waals surface area contributed by atoms with Crippen LogP contribution in [-0.2, 0) is 9.59 Å². The van der Waals surface area contributed by atoms with Gasteiger partial charge >= 0.3 is 5.97 Å². The molecule has 1 aliphatic rings. The van der Waals surface area contributed by atoms with Gasteiger partial charge in [-0.05, 0) is 25.1 Å². The summed E-state index contributed by atoms with van der Waals surface area (Å²) in [6.45, 7) is 2.51. The van der Waals surface area contributed by atoms with Crippen molar-refractivity contribution in [3.63, 3.8) is 0 Å². The first-order valence-corrected chi connectivity index (χ1v) is 6.82. The van der Waals surface area contributed by atoms with Crippen LogP contribution in [0.15, 0.2) is 28.7 Å². The van der Waals surface area contributed by atoms with E-state index in [4.69, 9.17) is 5.11 Å². The smallest absolute Gasteiger partial charge is 0.305 e. The van der Waals surface area contributed by atoms with E-state index < -0.39 is 12.0 Å². The molecule has 1 aromatic carbocycles. The highest BCUT2D eigenvalue weighted by Gasteiger charge is 2.34. The number of hydrogen-bond donors (Lipinski definition) is 2. The van der Waals surface area contributed by atoms with Crippen molar-refractivity contribution in [2.24, 2.45) is 0 Å². The van der Waals surface area contributed by atoms with Crippen molar-refractivity contribution in [1.29, 1.82) is 0 Å². The number of aliphatic carboxylic acids is 1. The topological polar surface area (TPSA) is 69.6 Å². The molecule has 5 nitrogen and oxygen atoms in total. The molecule has 1 aliphatic heterocycles. The maximum atomic E-state index is 12.4. The Morgan fingerprint density at radius 3 is 2.95 bits per heavy atom. The second-order valence-corrected chi connectivity index (χ2v) is 5.51. The Kier molecular flexibility index (Phi) is 4.21. The van der Waals surface area contributed by atoms with Crippen molar-refractivity contribution >= 4 is 33.5 Å². The van der Waals surface area contributed by atoms with Gasteiger partial charge < -0.3 is 15.3 Å². The van der Waals surface area contributed by atoms with Gasteiger partial charge in [-0.15, -0.1) is 0 Å². The third kappa shape index (κ3) is 3.13. The Bertz CT molecular complexity index is 506. The minimum Gasteiger partial charge on any atom is -0.481 e. The zero-order valence-electron chi connectivity index (χ0n) is 10.5. The van der Waals surface area contributed by atoms with Crippen LogP contribution < -0.4 is 10.2 Å². The molecule has 19 heavy (non-hydrogen) atoms. The fraction of sp³-hybridized carbons (Fsp3) is 0.385. The molecule has 0 aliphatic carbocycles. The molecule has 2 unspecified atom stereocenters. The summed E-state index contributed by atoms with van der Waals surface area (Å²) in [5, 5.41) is 11.8. The average Bonchev–Trinajstić information content (AvgIpc) is 2.33. The zero-order valence-corrected chi connectivity index (χ0v) is 12.1. The normalized spacial score (nSPS) is 23.5. The number of halogens is 1. The van der Waals surface area contributed by atoms with Gasteiger partial charge in [0.15, 0.2) is 0 Å². The summed E-state index contributed by atoms with van der Waals surface area (Å²) in [6.07, 6.45) is -0.198. The molecule has 0 spiro atoms. The average molecular weight is 327 g/mol. The number of amides is 1. The quantitative estimate of drug-likeness (QED) is 0.885. The van der Waals surface area contributed by atoms with Gasteiger partial charge in [0.05, 0.1) is 12.5 Å². The molecular weight excluding hydrogens is 312 g/mol. The Morgan fingerprint density at radius 2 is 2.32 bits per heavy atom. The molecule has 0 saturated carbocycles. The first-order valence-electron chi connectivity index (χ1n) is 6.03. The van der Waals surface area contributed by atoms with Crippen LogP contribution in [0, 0.1) is 0 Å². The van der Waals surface area contributed by atoms with Crippen molar-refractivity contribution in [2.75, 3.05) is 11.4 Å². The second-order valence-electron chi connectivity index (χ2n) is 4.60. The van der Waals surface area contributed by atoms with Gasteiger partial charge in [-0.25, -0.2) is 0 Å². The SMILES string of the molecule is CC1CNC(CC(=O)O)C(=O)N1c1cccc(Br)c1. The molecule has 0 radical (unpaired) electrons. The minimum atomic E-state index is -0.977. The van der Waals surface area contributed by atoms with Gasteiger partial charge in [0, 0.05) is 22.7 Å². The van der Waals surface area contributed by atoms with E-state index in [0.717, 1.165) is 10.2 Å². The van der Waals surface area contributed by atoms with Gasteiger partial charge in [-0.1, -0.05) is 22.0 Å². The molecule has 2 N–H and O–H groups in total. The standard InChI is InChI=1S/C13H15BrN2O3/c1-8-7-15-11(6-12(17)18)13(19)16(8)10-4-2-3-9(14)5-10/h2-5,8,11,15H,6-7H2,1H3,(H,17,18). The van der Waals surface area contributed by atoms with Gasteiger partial charge in [0.25, 0.3) is 0 Å². The van der Waals surface area contributed by atoms with Crippen molar-refractivity contribution in [1.82, 2.24) is 5.32 Å². The fourth-order valence-corrected chi connectivity index (χ4v) is 2.61. The largest absolute Gasteiger partial charge is 0.481 e. The summed E-state index contributed by atoms with van der Waals surface area (Å²) in [5.74, 6) is -1.17. The summed E-state index contributed by atoms with van der Waals surface area (Å²) < 4.78 is 0.887. The molecule has 1 aromatic rings. The van der Waals surface area contributed by atoms with Gasteiger partial charge in [-0.2, -0.15) is 0 Å². The van der Waals surface area contributed by atoms with Crippen LogP contribution in [-0.4, -0.2) is 35.6 Å². The third-order valence-corrected chi connectivity index (χ3v) is 3.59. The van der Waals surface area contributed by atoms with Crippen molar-refractivity contribution in [2.45, 2.75) is 25.4 Å². The summed E-state index contributed by atoms with van der Waals surface area (Å²) >= 11 is 3.38. The van der Waals surface area contributed by atoms with Crippen LogP contribution in [0.1, 0.15) is 13.3 Å². The lowest BCUT2D eigenvalue weighted by Gasteiger charge is -2.38. The van der Waals surface area contributed by atoms with E-state index in [1.807, 2.05) is 31.2 Å². The van der Waals surface area contributed by atoms with E-state index in [9.17, 15) is 9.59 Å². The molecule has 1 saturated heterocycles. The predicted molar refractivity (Wildman–Crippen MR) is 75.1 cm³/mol. The van der Waals surface area contributed by atoms with Crippen LogP contribution in [0.4, 0.5) is 5.69 Å². The van der Waals surface area contributed by atoms with E-state index in [1.165, 1.54) is 0 Å². The number of rotatable bonds is 3. The number of carboxylic acids is 1. The van der Waals surface area contributed by atoms with Crippen LogP contribution in [0.5, 0.6) is 0 Å². The van der Waals surface area contributed by atoms with Crippen molar-refractivity contribution in [3.05, 3.63) is 28.7 Å². The number of nitrogens with zero attached hydrogens (tertiary/aromatic N) is 1. The number of carboxylic acid groups (broad SMARTS) is 1. The van der Waals surface area contributed by atoms with Gasteiger partial charge in [0.1, 0.15) is 0 Å². The van der Waals surface area contributed by atoms with Crippen LogP contribution in [0.25, 0.3) is 0 Å². The van der Waals surface area contributed by atoms with Gasteiger partial charge in [-0.3, -0.25) is 9.59 Å². The van der Waals surface area contributed by atoms with Crippen LogP contribution in [0.3, 0.4) is 0 Å². The van der Waals surface area contributed by atoms with E-state index in [-0.39, 0.29) is 18.4 Å². The number of benzene rings is 1. The Balaban J connectivity index is 2.26. The predicted octanol–water partition coefficient (Wildman–Crippen LogP) is 1.62. The first-order chi connectivity index (χ1) is 8.99. The lowest BCUT2D eigenvalue weighted by atomic mass is 10.1. The number of nitrogens with one attached hydrogen (secondary N) is 1.